The van der Waals surface area contributed by atoms with E-state index in [9.17, 15) is 4.79 Å². The SMILES string of the molecule is CCC1CCCCC1OC(=O)C1Cc2ccccc2CN1. The molecule has 1 heterocycles. The van der Waals surface area contributed by atoms with Gasteiger partial charge in [0.15, 0.2) is 0 Å². The zero-order chi connectivity index (χ0) is 14.7. The molecule has 3 unspecified atom stereocenters. The number of rotatable bonds is 3. The standard InChI is InChI=1S/C18H25NO2/c1-2-13-7-5-6-10-17(13)21-18(20)16-11-14-8-3-4-9-15(14)12-19-16/h3-4,8-9,13,16-17,19H,2,5-7,10-12H2,1H3. The molecule has 114 valence electrons. The van der Waals surface area contributed by atoms with E-state index in [2.05, 4.69) is 24.4 Å². The summed E-state index contributed by atoms with van der Waals surface area (Å²) in [6.45, 7) is 2.96. The Balaban J connectivity index is 1.61. The van der Waals surface area contributed by atoms with E-state index < -0.39 is 0 Å². The summed E-state index contributed by atoms with van der Waals surface area (Å²) in [6.07, 6.45) is 6.70. The summed E-state index contributed by atoms with van der Waals surface area (Å²) >= 11 is 0. The van der Waals surface area contributed by atoms with E-state index in [1.165, 1.54) is 30.4 Å². The molecule has 1 fully saturated rings. The third-order valence-corrected chi connectivity index (χ3v) is 5.00. The predicted octanol–water partition coefficient (Wildman–Crippen LogP) is 3.21. The lowest BCUT2D eigenvalue weighted by atomic mass is 9.84. The van der Waals surface area contributed by atoms with Gasteiger partial charge >= 0.3 is 5.97 Å². The van der Waals surface area contributed by atoms with Crippen LogP contribution in [-0.2, 0) is 22.5 Å². The van der Waals surface area contributed by atoms with Crippen LogP contribution in [0, 0.1) is 5.92 Å². The van der Waals surface area contributed by atoms with Gasteiger partial charge < -0.3 is 10.1 Å². The second kappa shape index (κ2) is 6.61. The fraction of sp³-hybridized carbons (Fsp3) is 0.611. The highest BCUT2D eigenvalue weighted by atomic mass is 16.5. The molecule has 3 nitrogen and oxygen atoms in total. The van der Waals surface area contributed by atoms with Gasteiger partial charge in [-0.3, -0.25) is 4.79 Å². The number of carbonyl (C=O) groups is 1. The molecule has 1 aliphatic carbocycles. The number of nitrogens with one attached hydrogen (secondary N) is 1. The summed E-state index contributed by atoms with van der Waals surface area (Å²) in [5.74, 6) is 0.494. The van der Waals surface area contributed by atoms with Crippen molar-refractivity contribution in [3.8, 4) is 0 Å². The average Bonchev–Trinajstić information content (AvgIpc) is 2.55. The second-order valence-electron chi connectivity index (χ2n) is 6.33. The summed E-state index contributed by atoms with van der Waals surface area (Å²) in [4.78, 5) is 12.5. The Kier molecular flexibility index (Phi) is 4.59. The van der Waals surface area contributed by atoms with Gasteiger partial charge in [0.05, 0.1) is 0 Å². The molecule has 0 radical (unpaired) electrons. The summed E-state index contributed by atoms with van der Waals surface area (Å²) in [7, 11) is 0. The van der Waals surface area contributed by atoms with Crippen molar-refractivity contribution in [3.63, 3.8) is 0 Å². The highest BCUT2D eigenvalue weighted by Gasteiger charge is 2.31. The topological polar surface area (TPSA) is 38.3 Å². The first-order valence-corrected chi connectivity index (χ1v) is 8.28. The number of benzene rings is 1. The van der Waals surface area contributed by atoms with E-state index >= 15 is 0 Å². The van der Waals surface area contributed by atoms with Crippen LogP contribution in [0.1, 0.15) is 50.2 Å². The molecular weight excluding hydrogens is 262 g/mol. The van der Waals surface area contributed by atoms with Gasteiger partial charge in [0.2, 0.25) is 0 Å². The molecule has 1 aromatic carbocycles. The number of hydrogen-bond acceptors (Lipinski definition) is 3. The van der Waals surface area contributed by atoms with Crippen LogP contribution in [0.2, 0.25) is 0 Å². The molecule has 3 atom stereocenters. The molecule has 0 aromatic heterocycles. The van der Waals surface area contributed by atoms with Crippen LogP contribution in [-0.4, -0.2) is 18.1 Å². The van der Waals surface area contributed by atoms with Crippen LogP contribution in [0.3, 0.4) is 0 Å². The molecule has 21 heavy (non-hydrogen) atoms. The Morgan fingerprint density at radius 1 is 1.24 bits per heavy atom. The number of ether oxygens (including phenoxy) is 1. The van der Waals surface area contributed by atoms with Crippen LogP contribution >= 0.6 is 0 Å². The summed E-state index contributed by atoms with van der Waals surface area (Å²) in [6, 6.07) is 8.15. The van der Waals surface area contributed by atoms with Crippen LogP contribution in [0.5, 0.6) is 0 Å². The molecule has 3 heteroatoms. The van der Waals surface area contributed by atoms with E-state index in [0.29, 0.717) is 5.92 Å². The molecule has 0 saturated heterocycles. The first kappa shape index (κ1) is 14.6. The summed E-state index contributed by atoms with van der Waals surface area (Å²) in [5, 5.41) is 3.32. The van der Waals surface area contributed by atoms with Gasteiger partial charge in [-0.05, 0) is 49.1 Å². The van der Waals surface area contributed by atoms with Crippen molar-refractivity contribution in [2.45, 2.75) is 64.1 Å². The van der Waals surface area contributed by atoms with Gasteiger partial charge in [0.25, 0.3) is 0 Å². The van der Waals surface area contributed by atoms with Crippen molar-refractivity contribution >= 4 is 5.97 Å². The first-order chi connectivity index (χ1) is 10.3. The maximum atomic E-state index is 12.5. The average molecular weight is 287 g/mol. The van der Waals surface area contributed by atoms with Gasteiger partial charge in [0.1, 0.15) is 12.1 Å². The van der Waals surface area contributed by atoms with Crippen molar-refractivity contribution in [1.29, 1.82) is 0 Å². The van der Waals surface area contributed by atoms with Crippen molar-refractivity contribution in [3.05, 3.63) is 35.4 Å². The van der Waals surface area contributed by atoms with E-state index in [-0.39, 0.29) is 18.1 Å². The normalized spacial score (nSPS) is 28.7. The highest BCUT2D eigenvalue weighted by molar-refractivity contribution is 5.77. The minimum Gasteiger partial charge on any atom is -0.461 e. The molecule has 0 spiro atoms. The fourth-order valence-corrected chi connectivity index (χ4v) is 3.65. The monoisotopic (exact) mass is 287 g/mol. The molecule has 2 aliphatic rings. The van der Waals surface area contributed by atoms with Crippen molar-refractivity contribution in [1.82, 2.24) is 5.32 Å². The molecule has 3 rings (SSSR count). The maximum Gasteiger partial charge on any atom is 0.323 e. The van der Waals surface area contributed by atoms with Gasteiger partial charge in [-0.15, -0.1) is 0 Å². The third-order valence-electron chi connectivity index (χ3n) is 5.00. The fourth-order valence-electron chi connectivity index (χ4n) is 3.65. The number of fused-ring (bicyclic) bond motifs is 1. The van der Waals surface area contributed by atoms with Crippen LogP contribution in [0.15, 0.2) is 24.3 Å². The number of hydrogen-bond donors (Lipinski definition) is 1. The van der Waals surface area contributed by atoms with Crippen molar-refractivity contribution in [2.75, 3.05) is 0 Å². The molecular formula is C18H25NO2. The number of esters is 1. The smallest absolute Gasteiger partial charge is 0.323 e. The molecule has 0 bridgehead atoms. The van der Waals surface area contributed by atoms with Crippen molar-refractivity contribution in [2.24, 2.45) is 5.92 Å². The Bertz CT molecular complexity index is 500. The van der Waals surface area contributed by atoms with Crippen LogP contribution in [0.4, 0.5) is 0 Å². The van der Waals surface area contributed by atoms with Gasteiger partial charge in [-0.1, -0.05) is 37.6 Å². The Morgan fingerprint density at radius 2 is 2.00 bits per heavy atom. The molecule has 1 N–H and O–H groups in total. The second-order valence-corrected chi connectivity index (χ2v) is 6.33. The predicted molar refractivity (Wildman–Crippen MR) is 82.9 cm³/mol. The zero-order valence-corrected chi connectivity index (χ0v) is 12.8. The summed E-state index contributed by atoms with van der Waals surface area (Å²) < 4.78 is 5.85. The Hall–Kier alpha value is -1.35. The third kappa shape index (κ3) is 3.29. The molecule has 0 amide bonds. The highest BCUT2D eigenvalue weighted by Crippen LogP contribution is 2.29. The quantitative estimate of drug-likeness (QED) is 0.868. The van der Waals surface area contributed by atoms with E-state index in [1.807, 2.05) is 12.1 Å². The number of carbonyl (C=O) groups excluding carboxylic acids is 1. The molecule has 1 aromatic rings. The minimum absolute atomic E-state index is 0.0603. The Labute approximate surface area is 127 Å². The largest absolute Gasteiger partial charge is 0.461 e. The van der Waals surface area contributed by atoms with Gasteiger partial charge in [0, 0.05) is 6.54 Å². The lowest BCUT2D eigenvalue weighted by Gasteiger charge is -2.32. The van der Waals surface area contributed by atoms with Crippen LogP contribution in [0.25, 0.3) is 0 Å². The van der Waals surface area contributed by atoms with E-state index in [4.69, 9.17) is 4.74 Å². The molecule has 1 saturated carbocycles. The maximum absolute atomic E-state index is 12.5. The lowest BCUT2D eigenvalue weighted by molar-refractivity contribution is -0.156. The van der Waals surface area contributed by atoms with Gasteiger partial charge in [-0.2, -0.15) is 0 Å². The zero-order valence-electron chi connectivity index (χ0n) is 12.8. The van der Waals surface area contributed by atoms with E-state index in [0.717, 1.165) is 25.8 Å². The van der Waals surface area contributed by atoms with Crippen molar-refractivity contribution < 1.29 is 9.53 Å². The van der Waals surface area contributed by atoms with E-state index in [1.54, 1.807) is 0 Å². The Morgan fingerprint density at radius 3 is 2.81 bits per heavy atom. The lowest BCUT2D eigenvalue weighted by Crippen LogP contribution is -2.45. The van der Waals surface area contributed by atoms with Crippen LogP contribution < -0.4 is 5.32 Å². The first-order valence-electron chi connectivity index (χ1n) is 8.28. The molecule has 1 aliphatic heterocycles. The van der Waals surface area contributed by atoms with Gasteiger partial charge in [-0.25, -0.2) is 0 Å². The summed E-state index contributed by atoms with van der Waals surface area (Å²) in [5.41, 5.74) is 2.57. The minimum atomic E-state index is -0.181.